The predicted octanol–water partition coefficient (Wildman–Crippen LogP) is 4.35. The molecular weight excluding hydrogens is 405 g/mol. The number of fused-ring (bicyclic) bond motifs is 1. The molecule has 1 heterocycles. The van der Waals surface area contributed by atoms with E-state index in [9.17, 15) is 9.59 Å². The van der Waals surface area contributed by atoms with Crippen LogP contribution in [0.3, 0.4) is 0 Å². The summed E-state index contributed by atoms with van der Waals surface area (Å²) in [6, 6.07) is 9.97. The van der Waals surface area contributed by atoms with Gasteiger partial charge in [-0.05, 0) is 35.9 Å². The van der Waals surface area contributed by atoms with E-state index in [0.717, 1.165) is 6.42 Å². The van der Waals surface area contributed by atoms with Crippen molar-refractivity contribution in [2.75, 3.05) is 25.1 Å². The Morgan fingerprint density at radius 1 is 1.07 bits per heavy atom. The third kappa shape index (κ3) is 5.65. The van der Waals surface area contributed by atoms with Gasteiger partial charge in [-0.2, -0.15) is 0 Å². The van der Waals surface area contributed by atoms with Gasteiger partial charge in [-0.25, -0.2) is 4.79 Å². The number of hydrogen-bond donors (Lipinski definition) is 1. The number of benzene rings is 2. The van der Waals surface area contributed by atoms with Gasteiger partial charge in [0.15, 0.2) is 18.1 Å². The van der Waals surface area contributed by atoms with E-state index in [1.165, 1.54) is 12.2 Å². The van der Waals surface area contributed by atoms with Crippen LogP contribution in [-0.2, 0) is 14.3 Å². The van der Waals surface area contributed by atoms with Gasteiger partial charge in [0, 0.05) is 34.3 Å². The average molecular weight is 422 g/mol. The standard InChI is InChI=1S/C20H17Cl2NO5/c21-14-4-2-13(16(22)10-14)3-7-20(25)28-12-19(24)23-15-5-6-17-18(11-15)27-9-1-8-26-17/h2-7,10-11H,1,8-9,12H2,(H,23,24)/b7-3+. The van der Waals surface area contributed by atoms with E-state index in [1.54, 1.807) is 36.4 Å². The molecule has 6 nitrogen and oxygen atoms in total. The zero-order valence-corrected chi connectivity index (χ0v) is 16.3. The zero-order valence-electron chi connectivity index (χ0n) is 14.7. The second-order valence-corrected chi connectivity index (χ2v) is 6.71. The van der Waals surface area contributed by atoms with Crippen molar-refractivity contribution < 1.29 is 23.8 Å². The summed E-state index contributed by atoms with van der Waals surface area (Å²) in [7, 11) is 0. The Labute approximate surface area is 172 Å². The molecule has 1 aliphatic rings. The van der Waals surface area contributed by atoms with Crippen LogP contribution in [0.5, 0.6) is 11.5 Å². The minimum absolute atomic E-state index is 0.406. The minimum Gasteiger partial charge on any atom is -0.490 e. The molecule has 0 atom stereocenters. The third-order valence-corrected chi connectivity index (χ3v) is 4.30. The van der Waals surface area contributed by atoms with Crippen molar-refractivity contribution in [2.24, 2.45) is 0 Å². The minimum atomic E-state index is -0.667. The summed E-state index contributed by atoms with van der Waals surface area (Å²) in [6.45, 7) is 0.710. The largest absolute Gasteiger partial charge is 0.490 e. The smallest absolute Gasteiger partial charge is 0.331 e. The highest BCUT2D eigenvalue weighted by Crippen LogP contribution is 2.32. The number of carbonyl (C=O) groups is 2. The van der Waals surface area contributed by atoms with Gasteiger partial charge in [0.25, 0.3) is 5.91 Å². The number of hydrogen-bond acceptors (Lipinski definition) is 5. The van der Waals surface area contributed by atoms with E-state index in [-0.39, 0.29) is 0 Å². The van der Waals surface area contributed by atoms with Gasteiger partial charge >= 0.3 is 5.97 Å². The number of ether oxygens (including phenoxy) is 3. The lowest BCUT2D eigenvalue weighted by molar-refractivity contribution is -0.142. The molecule has 0 fully saturated rings. The van der Waals surface area contributed by atoms with E-state index in [4.69, 9.17) is 37.4 Å². The summed E-state index contributed by atoms with van der Waals surface area (Å²) in [5.41, 5.74) is 1.13. The number of esters is 1. The fraction of sp³-hybridized carbons (Fsp3) is 0.200. The van der Waals surface area contributed by atoms with Crippen LogP contribution in [-0.4, -0.2) is 31.7 Å². The highest BCUT2D eigenvalue weighted by Gasteiger charge is 2.12. The first-order valence-corrected chi connectivity index (χ1v) is 9.26. The van der Waals surface area contributed by atoms with Gasteiger partial charge in [-0.15, -0.1) is 0 Å². The first-order valence-electron chi connectivity index (χ1n) is 8.50. The van der Waals surface area contributed by atoms with Crippen LogP contribution in [0, 0.1) is 0 Å². The first-order chi connectivity index (χ1) is 13.5. The van der Waals surface area contributed by atoms with Crippen LogP contribution in [0.4, 0.5) is 5.69 Å². The van der Waals surface area contributed by atoms with Crippen LogP contribution >= 0.6 is 23.2 Å². The van der Waals surface area contributed by atoms with Gasteiger partial charge in [-0.1, -0.05) is 29.3 Å². The van der Waals surface area contributed by atoms with Gasteiger partial charge in [-0.3, -0.25) is 4.79 Å². The molecule has 0 unspecified atom stereocenters. The second-order valence-electron chi connectivity index (χ2n) is 5.87. The molecule has 8 heteroatoms. The van der Waals surface area contributed by atoms with Gasteiger partial charge in [0.1, 0.15) is 0 Å². The van der Waals surface area contributed by atoms with Crippen molar-refractivity contribution in [3.63, 3.8) is 0 Å². The van der Waals surface area contributed by atoms with Gasteiger partial charge in [0.2, 0.25) is 0 Å². The van der Waals surface area contributed by atoms with E-state index in [1.807, 2.05) is 0 Å². The topological polar surface area (TPSA) is 73.9 Å². The molecule has 0 saturated carbocycles. The van der Waals surface area contributed by atoms with Gasteiger partial charge in [0.05, 0.1) is 13.2 Å². The average Bonchev–Trinajstić information content (AvgIpc) is 2.90. The number of halogens is 2. The molecule has 0 radical (unpaired) electrons. The predicted molar refractivity (Wildman–Crippen MR) is 107 cm³/mol. The van der Waals surface area contributed by atoms with E-state index in [0.29, 0.717) is 46.0 Å². The fourth-order valence-electron chi connectivity index (χ4n) is 2.42. The van der Waals surface area contributed by atoms with Crippen LogP contribution < -0.4 is 14.8 Å². The maximum absolute atomic E-state index is 12.0. The first kappa shape index (κ1) is 20.0. The van der Waals surface area contributed by atoms with Crippen molar-refractivity contribution in [1.82, 2.24) is 0 Å². The van der Waals surface area contributed by atoms with Crippen LogP contribution in [0.15, 0.2) is 42.5 Å². The maximum atomic E-state index is 12.0. The summed E-state index contributed by atoms with van der Waals surface area (Å²) in [6.07, 6.45) is 3.47. The molecule has 0 aromatic heterocycles. The Hall–Kier alpha value is -2.70. The number of nitrogens with one attached hydrogen (secondary N) is 1. The molecule has 0 saturated heterocycles. The summed E-state index contributed by atoms with van der Waals surface area (Å²) in [5.74, 6) is 0.0589. The summed E-state index contributed by atoms with van der Waals surface area (Å²) < 4.78 is 16.0. The lowest BCUT2D eigenvalue weighted by atomic mass is 10.2. The Morgan fingerprint density at radius 3 is 2.64 bits per heavy atom. The van der Waals surface area contributed by atoms with Crippen molar-refractivity contribution in [1.29, 1.82) is 0 Å². The normalized spacial score (nSPS) is 13.1. The Morgan fingerprint density at radius 2 is 1.86 bits per heavy atom. The Kier molecular flexibility index (Phi) is 6.79. The van der Waals surface area contributed by atoms with Crippen molar-refractivity contribution in [3.8, 4) is 11.5 Å². The quantitative estimate of drug-likeness (QED) is 0.573. The third-order valence-electron chi connectivity index (χ3n) is 3.74. The monoisotopic (exact) mass is 421 g/mol. The number of carbonyl (C=O) groups excluding carboxylic acids is 2. The lowest BCUT2D eigenvalue weighted by Gasteiger charge is -2.10. The SMILES string of the molecule is O=C(COC(=O)/C=C/c1ccc(Cl)cc1Cl)Nc1ccc2c(c1)OCCCO2. The highest BCUT2D eigenvalue weighted by molar-refractivity contribution is 6.35. The van der Waals surface area contributed by atoms with Gasteiger partial charge < -0.3 is 19.5 Å². The molecule has 0 aliphatic carbocycles. The fourth-order valence-corrected chi connectivity index (χ4v) is 2.89. The molecule has 1 N–H and O–H groups in total. The Balaban J connectivity index is 1.50. The van der Waals surface area contributed by atoms with E-state index < -0.39 is 18.5 Å². The molecule has 0 bridgehead atoms. The van der Waals surface area contributed by atoms with Crippen LogP contribution in [0.25, 0.3) is 6.08 Å². The molecule has 146 valence electrons. The summed E-state index contributed by atoms with van der Waals surface area (Å²) in [5, 5.41) is 3.55. The second kappa shape index (κ2) is 9.48. The summed E-state index contributed by atoms with van der Waals surface area (Å²) >= 11 is 11.8. The van der Waals surface area contributed by atoms with E-state index in [2.05, 4.69) is 5.32 Å². The van der Waals surface area contributed by atoms with Crippen molar-refractivity contribution in [2.45, 2.75) is 6.42 Å². The molecule has 28 heavy (non-hydrogen) atoms. The van der Waals surface area contributed by atoms with Crippen molar-refractivity contribution in [3.05, 3.63) is 58.1 Å². The van der Waals surface area contributed by atoms with E-state index >= 15 is 0 Å². The van der Waals surface area contributed by atoms with Crippen LogP contribution in [0.1, 0.15) is 12.0 Å². The molecule has 1 aliphatic heterocycles. The zero-order chi connectivity index (χ0) is 19.9. The summed E-state index contributed by atoms with van der Waals surface area (Å²) in [4.78, 5) is 23.8. The molecular formula is C20H17Cl2NO5. The molecule has 2 aromatic rings. The molecule has 0 spiro atoms. The number of anilines is 1. The Bertz CT molecular complexity index is 913. The maximum Gasteiger partial charge on any atom is 0.331 e. The highest BCUT2D eigenvalue weighted by atomic mass is 35.5. The lowest BCUT2D eigenvalue weighted by Crippen LogP contribution is -2.20. The number of amides is 1. The molecule has 1 amide bonds. The molecule has 3 rings (SSSR count). The van der Waals surface area contributed by atoms with Crippen LogP contribution in [0.2, 0.25) is 10.0 Å². The number of rotatable bonds is 5. The molecule has 2 aromatic carbocycles. The van der Waals surface area contributed by atoms with Crippen molar-refractivity contribution >= 4 is 46.8 Å².